The molecule has 2 amide bonds. The molecule has 3 aliphatic heterocycles. The molecule has 5 rings (SSSR count). The summed E-state index contributed by atoms with van der Waals surface area (Å²) in [4.78, 5) is 47.5. The number of hydrogen-bond donors (Lipinski definition) is 1. The summed E-state index contributed by atoms with van der Waals surface area (Å²) in [5.41, 5.74) is 2.66. The van der Waals surface area contributed by atoms with Gasteiger partial charge in [0, 0.05) is 69.5 Å². The van der Waals surface area contributed by atoms with Crippen molar-refractivity contribution in [1.82, 2.24) is 20.1 Å². The Kier molecular flexibility index (Phi) is 7.10. The predicted molar refractivity (Wildman–Crippen MR) is 131 cm³/mol. The maximum Gasteiger partial charge on any atom is 0.269 e. The Labute approximate surface area is 209 Å². The van der Waals surface area contributed by atoms with Crippen LogP contribution in [-0.4, -0.2) is 90.0 Å². The SMILES string of the molecule is O=C(NCc1cccnc1)C1Cc2cc([N+](=O)[O-])ccc2N2CCN(CC(=O)N3CCOCC3)CC12. The maximum absolute atomic E-state index is 13.4. The monoisotopic (exact) mass is 494 g/mol. The number of nitro benzene ring substituents is 1. The van der Waals surface area contributed by atoms with Crippen LogP contribution in [-0.2, 0) is 27.3 Å². The fourth-order valence-electron chi connectivity index (χ4n) is 5.35. The first-order chi connectivity index (χ1) is 17.5. The highest BCUT2D eigenvalue weighted by atomic mass is 16.6. The van der Waals surface area contributed by atoms with E-state index < -0.39 is 10.8 Å². The Morgan fingerprint density at radius 1 is 1.17 bits per heavy atom. The van der Waals surface area contributed by atoms with Crippen molar-refractivity contribution in [2.45, 2.75) is 19.0 Å². The van der Waals surface area contributed by atoms with E-state index >= 15 is 0 Å². The van der Waals surface area contributed by atoms with Crippen molar-refractivity contribution in [2.24, 2.45) is 5.92 Å². The van der Waals surface area contributed by atoms with E-state index in [1.807, 2.05) is 17.0 Å². The number of morpholine rings is 1. The lowest BCUT2D eigenvalue weighted by Gasteiger charge is -2.49. The molecule has 2 atom stereocenters. The number of amides is 2. The summed E-state index contributed by atoms with van der Waals surface area (Å²) in [6.45, 7) is 4.87. The van der Waals surface area contributed by atoms with Crippen molar-refractivity contribution >= 4 is 23.2 Å². The second-order valence-electron chi connectivity index (χ2n) is 9.45. The molecule has 3 aliphatic rings. The minimum absolute atomic E-state index is 0.0245. The van der Waals surface area contributed by atoms with Gasteiger partial charge in [-0.15, -0.1) is 0 Å². The number of carbonyl (C=O) groups excluding carboxylic acids is 2. The molecule has 4 heterocycles. The van der Waals surface area contributed by atoms with Crippen molar-refractivity contribution in [3.63, 3.8) is 0 Å². The Bertz CT molecular complexity index is 1120. The number of non-ortho nitro benzene ring substituents is 1. The highest BCUT2D eigenvalue weighted by Crippen LogP contribution is 2.38. The topological polar surface area (TPSA) is 121 Å². The van der Waals surface area contributed by atoms with E-state index in [9.17, 15) is 19.7 Å². The maximum atomic E-state index is 13.4. The average Bonchev–Trinajstić information content (AvgIpc) is 2.91. The molecule has 0 bridgehead atoms. The van der Waals surface area contributed by atoms with Crippen LogP contribution in [0.3, 0.4) is 0 Å². The summed E-state index contributed by atoms with van der Waals surface area (Å²) >= 11 is 0. The van der Waals surface area contributed by atoms with Crippen molar-refractivity contribution in [3.05, 3.63) is 64.0 Å². The van der Waals surface area contributed by atoms with E-state index in [1.165, 1.54) is 6.07 Å². The third-order valence-electron chi connectivity index (χ3n) is 7.24. The lowest BCUT2D eigenvalue weighted by molar-refractivity contribution is -0.384. The number of ether oxygens (including phenoxy) is 1. The van der Waals surface area contributed by atoms with Crippen LogP contribution in [0, 0.1) is 16.0 Å². The van der Waals surface area contributed by atoms with Crippen LogP contribution < -0.4 is 10.2 Å². The molecule has 2 saturated heterocycles. The van der Waals surface area contributed by atoms with Crippen LogP contribution in [0.1, 0.15) is 11.1 Å². The van der Waals surface area contributed by atoms with Gasteiger partial charge in [-0.2, -0.15) is 0 Å². The molecule has 2 aromatic rings. The van der Waals surface area contributed by atoms with Gasteiger partial charge in [0.2, 0.25) is 11.8 Å². The zero-order valence-corrected chi connectivity index (χ0v) is 20.0. The van der Waals surface area contributed by atoms with Gasteiger partial charge in [0.05, 0.1) is 36.6 Å². The molecule has 2 fully saturated rings. The minimum atomic E-state index is -0.405. The van der Waals surface area contributed by atoms with Crippen LogP contribution in [0.15, 0.2) is 42.7 Å². The second kappa shape index (κ2) is 10.6. The Hall–Kier alpha value is -3.57. The number of pyridine rings is 1. The molecule has 190 valence electrons. The summed E-state index contributed by atoms with van der Waals surface area (Å²) in [5, 5.41) is 14.4. The summed E-state index contributed by atoms with van der Waals surface area (Å²) in [5.74, 6) is -0.430. The largest absolute Gasteiger partial charge is 0.378 e. The summed E-state index contributed by atoms with van der Waals surface area (Å²) in [6, 6.07) is 8.48. The quantitative estimate of drug-likeness (QED) is 0.463. The van der Waals surface area contributed by atoms with Crippen LogP contribution >= 0.6 is 0 Å². The molecule has 11 heteroatoms. The fourth-order valence-corrected chi connectivity index (χ4v) is 5.35. The predicted octanol–water partition coefficient (Wildman–Crippen LogP) is 0.828. The third kappa shape index (κ3) is 5.17. The van der Waals surface area contributed by atoms with Gasteiger partial charge in [-0.3, -0.25) is 29.6 Å². The van der Waals surface area contributed by atoms with Crippen molar-refractivity contribution in [2.75, 3.05) is 57.4 Å². The van der Waals surface area contributed by atoms with Gasteiger partial charge in [0.1, 0.15) is 0 Å². The molecular formula is C25H30N6O5. The first kappa shape index (κ1) is 24.1. The molecule has 36 heavy (non-hydrogen) atoms. The number of aromatic nitrogens is 1. The molecule has 1 aromatic heterocycles. The molecule has 0 spiro atoms. The fraction of sp³-hybridized carbons (Fsp3) is 0.480. The van der Waals surface area contributed by atoms with E-state index in [2.05, 4.69) is 20.1 Å². The number of anilines is 1. The third-order valence-corrected chi connectivity index (χ3v) is 7.24. The summed E-state index contributed by atoms with van der Waals surface area (Å²) in [6.07, 6.45) is 3.80. The number of carbonyl (C=O) groups is 2. The van der Waals surface area contributed by atoms with E-state index in [1.54, 1.807) is 24.5 Å². The first-order valence-electron chi connectivity index (χ1n) is 12.3. The zero-order valence-electron chi connectivity index (χ0n) is 20.0. The lowest BCUT2D eigenvalue weighted by atomic mass is 9.83. The summed E-state index contributed by atoms with van der Waals surface area (Å²) < 4.78 is 5.36. The van der Waals surface area contributed by atoms with Crippen LogP contribution in [0.4, 0.5) is 11.4 Å². The molecule has 0 radical (unpaired) electrons. The molecule has 0 saturated carbocycles. The van der Waals surface area contributed by atoms with Gasteiger partial charge in [-0.1, -0.05) is 6.07 Å². The van der Waals surface area contributed by atoms with Crippen LogP contribution in [0.25, 0.3) is 0 Å². The minimum Gasteiger partial charge on any atom is -0.378 e. The number of hydrogen-bond acceptors (Lipinski definition) is 8. The number of piperazine rings is 1. The van der Waals surface area contributed by atoms with E-state index in [0.717, 1.165) is 16.8 Å². The van der Waals surface area contributed by atoms with E-state index in [4.69, 9.17) is 4.74 Å². The van der Waals surface area contributed by atoms with Crippen molar-refractivity contribution in [1.29, 1.82) is 0 Å². The number of nitrogens with zero attached hydrogens (tertiary/aromatic N) is 5. The Morgan fingerprint density at radius 2 is 2.00 bits per heavy atom. The number of fused-ring (bicyclic) bond motifs is 3. The standard InChI is InChI=1S/C25H30N6O5/c32-24(29-8-10-36-11-9-29)17-28-6-7-30-22-4-3-20(31(34)35)12-19(22)13-21(23(30)16-28)25(33)27-15-18-2-1-5-26-14-18/h1-5,12,14,21,23H,6-11,13,15-17H2,(H,27,33). The number of nitrogens with one attached hydrogen (secondary N) is 1. The number of nitro groups is 1. The highest BCUT2D eigenvalue weighted by Gasteiger charge is 2.42. The summed E-state index contributed by atoms with van der Waals surface area (Å²) in [7, 11) is 0. The van der Waals surface area contributed by atoms with Gasteiger partial charge in [-0.25, -0.2) is 0 Å². The lowest BCUT2D eigenvalue weighted by Crippen LogP contribution is -2.62. The van der Waals surface area contributed by atoms with Gasteiger partial charge in [-0.05, 0) is 29.7 Å². The molecular weight excluding hydrogens is 464 g/mol. The molecule has 11 nitrogen and oxygen atoms in total. The average molecular weight is 495 g/mol. The zero-order chi connectivity index (χ0) is 25.1. The van der Waals surface area contributed by atoms with Crippen LogP contribution in [0.2, 0.25) is 0 Å². The molecule has 2 unspecified atom stereocenters. The van der Waals surface area contributed by atoms with E-state index in [0.29, 0.717) is 65.4 Å². The normalized spacial score (nSPS) is 21.9. The van der Waals surface area contributed by atoms with Crippen LogP contribution in [0.5, 0.6) is 0 Å². The Morgan fingerprint density at radius 3 is 2.75 bits per heavy atom. The highest BCUT2D eigenvalue weighted by molar-refractivity contribution is 5.82. The number of benzene rings is 1. The first-order valence-corrected chi connectivity index (χ1v) is 12.3. The molecule has 1 N–H and O–H groups in total. The van der Waals surface area contributed by atoms with Gasteiger partial charge in [0.15, 0.2) is 0 Å². The van der Waals surface area contributed by atoms with Crippen molar-refractivity contribution in [3.8, 4) is 0 Å². The van der Waals surface area contributed by atoms with Crippen molar-refractivity contribution < 1.29 is 19.2 Å². The van der Waals surface area contributed by atoms with Gasteiger partial charge < -0.3 is 19.9 Å². The van der Waals surface area contributed by atoms with Gasteiger partial charge >= 0.3 is 0 Å². The number of rotatable bonds is 6. The molecule has 1 aromatic carbocycles. The Balaban J connectivity index is 1.35. The van der Waals surface area contributed by atoms with E-state index in [-0.39, 0.29) is 23.5 Å². The molecule has 0 aliphatic carbocycles. The second-order valence-corrected chi connectivity index (χ2v) is 9.45. The van der Waals surface area contributed by atoms with Gasteiger partial charge in [0.25, 0.3) is 5.69 Å². The smallest absolute Gasteiger partial charge is 0.269 e.